The number of piperidine rings is 1. The quantitative estimate of drug-likeness (QED) is 0.860. The van der Waals surface area contributed by atoms with Crippen LogP contribution in [0.15, 0.2) is 30.3 Å². The summed E-state index contributed by atoms with van der Waals surface area (Å²) < 4.78 is 10.7. The number of ether oxygens (including phenoxy) is 2. The zero-order chi connectivity index (χ0) is 20.3. The van der Waals surface area contributed by atoms with E-state index in [0.29, 0.717) is 25.9 Å². The number of carbonyl (C=O) groups excluding carboxylic acids is 3. The van der Waals surface area contributed by atoms with Crippen LogP contribution in [0.2, 0.25) is 0 Å². The molecule has 7 heteroatoms. The van der Waals surface area contributed by atoms with Gasteiger partial charge in [-0.2, -0.15) is 0 Å². The predicted molar refractivity (Wildman–Crippen MR) is 103 cm³/mol. The molecule has 0 aromatic heterocycles. The molecule has 1 aliphatic carbocycles. The lowest BCUT2D eigenvalue weighted by Crippen LogP contribution is -2.56. The third-order valence-electron chi connectivity index (χ3n) is 5.01. The molecule has 2 amide bonds. The van der Waals surface area contributed by atoms with E-state index >= 15 is 0 Å². The van der Waals surface area contributed by atoms with E-state index in [1.54, 1.807) is 4.90 Å². The van der Waals surface area contributed by atoms with Crippen LogP contribution in [0.4, 0.5) is 9.59 Å². The zero-order valence-electron chi connectivity index (χ0n) is 16.6. The van der Waals surface area contributed by atoms with Crippen molar-refractivity contribution in [1.29, 1.82) is 0 Å². The molecule has 0 spiro atoms. The van der Waals surface area contributed by atoms with Gasteiger partial charge in [0.1, 0.15) is 18.0 Å². The van der Waals surface area contributed by atoms with Gasteiger partial charge in [-0.3, -0.25) is 4.79 Å². The van der Waals surface area contributed by atoms with E-state index in [1.807, 2.05) is 51.1 Å². The van der Waals surface area contributed by atoms with Crippen molar-refractivity contribution in [3.63, 3.8) is 0 Å². The molecule has 28 heavy (non-hydrogen) atoms. The number of alkyl carbamates (subject to hydrolysis) is 1. The number of likely N-dealkylation sites (tertiary alicyclic amines) is 1. The third kappa shape index (κ3) is 5.24. The molecular weight excluding hydrogens is 360 g/mol. The smallest absolute Gasteiger partial charge is 0.410 e. The van der Waals surface area contributed by atoms with E-state index in [-0.39, 0.29) is 36.4 Å². The fourth-order valence-corrected chi connectivity index (χ4v) is 3.81. The van der Waals surface area contributed by atoms with Crippen LogP contribution in [-0.2, 0) is 20.9 Å². The van der Waals surface area contributed by atoms with Crippen LogP contribution < -0.4 is 5.32 Å². The summed E-state index contributed by atoms with van der Waals surface area (Å²) >= 11 is 0. The first-order valence-electron chi connectivity index (χ1n) is 9.70. The average Bonchev–Trinajstić information content (AvgIpc) is 2.60. The van der Waals surface area contributed by atoms with Gasteiger partial charge in [0.15, 0.2) is 0 Å². The maximum Gasteiger partial charge on any atom is 0.410 e. The average molecular weight is 388 g/mol. The minimum atomic E-state index is -0.569. The molecule has 1 heterocycles. The van der Waals surface area contributed by atoms with E-state index in [2.05, 4.69) is 5.32 Å². The van der Waals surface area contributed by atoms with Gasteiger partial charge in [0, 0.05) is 31.0 Å². The van der Waals surface area contributed by atoms with Crippen LogP contribution in [0, 0.1) is 11.8 Å². The lowest BCUT2D eigenvalue weighted by Gasteiger charge is -2.43. The summed E-state index contributed by atoms with van der Waals surface area (Å²) in [4.78, 5) is 38.5. The summed E-state index contributed by atoms with van der Waals surface area (Å²) in [6, 6.07) is 9.34. The Bertz CT molecular complexity index is 710. The standard InChI is InChI=1S/C21H28N2O5/c1-21(2,3)28-20(26)23-11-15-9-17(10-16(12-23)18(15)24)22-19(25)27-13-14-7-5-4-6-8-14/h4-8,15-17H,9-13H2,1-3H3,(H,22,25). The van der Waals surface area contributed by atoms with Crippen molar-refractivity contribution in [2.45, 2.75) is 51.9 Å². The molecular formula is C21H28N2O5. The van der Waals surface area contributed by atoms with Gasteiger partial charge in [0.25, 0.3) is 0 Å². The Morgan fingerprint density at radius 3 is 2.29 bits per heavy atom. The number of hydrogen-bond acceptors (Lipinski definition) is 5. The van der Waals surface area contributed by atoms with Gasteiger partial charge in [-0.05, 0) is 39.2 Å². The Labute approximate surface area is 165 Å². The molecule has 2 unspecified atom stereocenters. The lowest BCUT2D eigenvalue weighted by molar-refractivity contribution is -0.134. The number of benzene rings is 1. The highest BCUT2D eigenvalue weighted by Gasteiger charge is 2.44. The number of nitrogens with one attached hydrogen (secondary N) is 1. The number of Topliss-reactive ketones (excluding diaryl/α,β-unsaturated/α-hetero) is 1. The second-order valence-electron chi connectivity index (χ2n) is 8.56. The van der Waals surface area contributed by atoms with Gasteiger partial charge in [-0.1, -0.05) is 30.3 Å². The molecule has 1 aliphatic heterocycles. The largest absolute Gasteiger partial charge is 0.445 e. The van der Waals surface area contributed by atoms with Gasteiger partial charge in [0.05, 0.1) is 0 Å². The molecule has 152 valence electrons. The van der Waals surface area contributed by atoms with Crippen molar-refractivity contribution >= 4 is 18.0 Å². The Morgan fingerprint density at radius 1 is 1.11 bits per heavy atom. The molecule has 3 rings (SSSR count). The second kappa shape index (κ2) is 8.20. The van der Waals surface area contributed by atoms with Crippen LogP contribution in [0.3, 0.4) is 0 Å². The molecule has 7 nitrogen and oxygen atoms in total. The van der Waals surface area contributed by atoms with Crippen LogP contribution in [0.25, 0.3) is 0 Å². The fourth-order valence-electron chi connectivity index (χ4n) is 3.81. The molecule has 1 saturated heterocycles. The SMILES string of the molecule is CC(C)(C)OC(=O)N1CC2CC(NC(=O)OCc3ccccc3)CC(C1)C2=O. The summed E-state index contributed by atoms with van der Waals surface area (Å²) in [6.07, 6.45) is 0.151. The molecule has 1 aromatic carbocycles. The predicted octanol–water partition coefficient (Wildman–Crippen LogP) is 3.13. The molecule has 2 fully saturated rings. The van der Waals surface area contributed by atoms with Gasteiger partial charge < -0.3 is 19.7 Å². The highest BCUT2D eigenvalue weighted by Crippen LogP contribution is 2.32. The monoisotopic (exact) mass is 388 g/mol. The summed E-state index contributed by atoms with van der Waals surface area (Å²) in [5.41, 5.74) is 0.349. The molecule has 2 atom stereocenters. The number of amides is 2. The Hall–Kier alpha value is -2.57. The molecule has 1 aromatic rings. The van der Waals surface area contributed by atoms with Crippen molar-refractivity contribution in [1.82, 2.24) is 10.2 Å². The van der Waals surface area contributed by atoms with Gasteiger partial charge in [0.2, 0.25) is 0 Å². The highest BCUT2D eigenvalue weighted by molar-refractivity contribution is 5.87. The first kappa shape index (κ1) is 20.2. The third-order valence-corrected chi connectivity index (χ3v) is 5.01. The molecule has 1 N–H and O–H groups in total. The number of fused-ring (bicyclic) bond motifs is 2. The van der Waals surface area contributed by atoms with Crippen molar-refractivity contribution < 1.29 is 23.9 Å². The van der Waals surface area contributed by atoms with E-state index < -0.39 is 11.7 Å². The number of carbonyl (C=O) groups is 3. The number of ketones is 1. The number of hydrogen-bond donors (Lipinski definition) is 1. The maximum absolute atomic E-state index is 12.5. The molecule has 1 saturated carbocycles. The minimum Gasteiger partial charge on any atom is -0.445 e. The van der Waals surface area contributed by atoms with Crippen LogP contribution >= 0.6 is 0 Å². The zero-order valence-corrected chi connectivity index (χ0v) is 16.6. The normalized spacial score (nSPS) is 24.5. The Kier molecular flexibility index (Phi) is 5.91. The number of rotatable bonds is 3. The number of nitrogens with zero attached hydrogens (tertiary/aromatic N) is 1. The van der Waals surface area contributed by atoms with E-state index in [4.69, 9.17) is 9.47 Å². The van der Waals surface area contributed by atoms with Crippen LogP contribution in [-0.4, -0.2) is 47.6 Å². The second-order valence-corrected chi connectivity index (χ2v) is 8.56. The summed E-state index contributed by atoms with van der Waals surface area (Å²) in [5, 5.41) is 2.87. The molecule has 2 bridgehead atoms. The summed E-state index contributed by atoms with van der Waals surface area (Å²) in [5.74, 6) is -0.380. The van der Waals surface area contributed by atoms with E-state index in [9.17, 15) is 14.4 Å². The van der Waals surface area contributed by atoms with E-state index in [1.165, 1.54) is 0 Å². The van der Waals surface area contributed by atoms with E-state index in [0.717, 1.165) is 5.56 Å². The van der Waals surface area contributed by atoms with Crippen molar-refractivity contribution in [2.24, 2.45) is 11.8 Å². The maximum atomic E-state index is 12.5. The summed E-state index contributed by atoms with van der Waals surface area (Å²) in [7, 11) is 0. The fraction of sp³-hybridized carbons (Fsp3) is 0.571. The molecule has 0 radical (unpaired) electrons. The Balaban J connectivity index is 1.51. The van der Waals surface area contributed by atoms with Gasteiger partial charge >= 0.3 is 12.2 Å². The highest BCUT2D eigenvalue weighted by atomic mass is 16.6. The first-order chi connectivity index (χ1) is 13.2. The van der Waals surface area contributed by atoms with Crippen LogP contribution in [0.5, 0.6) is 0 Å². The van der Waals surface area contributed by atoms with Gasteiger partial charge in [-0.15, -0.1) is 0 Å². The van der Waals surface area contributed by atoms with Crippen molar-refractivity contribution in [3.8, 4) is 0 Å². The Morgan fingerprint density at radius 2 is 1.71 bits per heavy atom. The minimum absolute atomic E-state index is 0.128. The van der Waals surface area contributed by atoms with Gasteiger partial charge in [-0.25, -0.2) is 9.59 Å². The van der Waals surface area contributed by atoms with Crippen LogP contribution in [0.1, 0.15) is 39.2 Å². The lowest BCUT2D eigenvalue weighted by atomic mass is 9.74. The first-order valence-corrected chi connectivity index (χ1v) is 9.70. The molecule has 2 aliphatic rings. The topological polar surface area (TPSA) is 84.9 Å². The van der Waals surface area contributed by atoms with Crippen molar-refractivity contribution in [3.05, 3.63) is 35.9 Å². The summed E-state index contributed by atoms with van der Waals surface area (Å²) in [6.45, 7) is 6.34. The van der Waals surface area contributed by atoms with Crippen molar-refractivity contribution in [2.75, 3.05) is 13.1 Å².